The van der Waals surface area contributed by atoms with E-state index in [-0.39, 0.29) is 0 Å². The molecule has 1 aliphatic heterocycles. The monoisotopic (exact) mass is 254 g/mol. The van der Waals surface area contributed by atoms with Crippen molar-refractivity contribution in [2.24, 2.45) is 0 Å². The van der Waals surface area contributed by atoms with Gasteiger partial charge in [0.1, 0.15) is 0 Å². The first-order valence-electron chi connectivity index (χ1n) is 3.86. The van der Waals surface area contributed by atoms with Crippen LogP contribution in [0.15, 0.2) is 0 Å². The zero-order valence-electron chi connectivity index (χ0n) is 6.44. The van der Waals surface area contributed by atoms with Crippen LogP contribution in [0.1, 0.15) is 6.92 Å². The SMILES string of the molecule is CC(I)CN1CCNCC1. The van der Waals surface area contributed by atoms with Crippen LogP contribution in [0.5, 0.6) is 0 Å². The van der Waals surface area contributed by atoms with Crippen LogP contribution in [0.25, 0.3) is 0 Å². The molecule has 3 heteroatoms. The Hall–Kier alpha value is 0.650. The summed E-state index contributed by atoms with van der Waals surface area (Å²) in [6.07, 6.45) is 0. The Morgan fingerprint density at radius 3 is 2.60 bits per heavy atom. The second kappa shape index (κ2) is 4.51. The Kier molecular flexibility index (Phi) is 3.95. The summed E-state index contributed by atoms with van der Waals surface area (Å²) in [5.74, 6) is 0. The Balaban J connectivity index is 2.13. The molecule has 1 rings (SSSR count). The highest BCUT2D eigenvalue weighted by atomic mass is 127. The summed E-state index contributed by atoms with van der Waals surface area (Å²) in [5, 5.41) is 3.34. The fourth-order valence-corrected chi connectivity index (χ4v) is 1.81. The third kappa shape index (κ3) is 3.16. The molecule has 60 valence electrons. The third-order valence-electron chi connectivity index (χ3n) is 1.72. The van der Waals surface area contributed by atoms with Gasteiger partial charge in [-0.2, -0.15) is 0 Å². The molecule has 1 fully saturated rings. The Labute approximate surface area is 76.5 Å². The lowest BCUT2D eigenvalue weighted by Gasteiger charge is -2.27. The van der Waals surface area contributed by atoms with E-state index in [1.54, 1.807) is 0 Å². The average Bonchev–Trinajstić information content (AvgIpc) is 1.88. The topological polar surface area (TPSA) is 15.3 Å². The number of hydrogen-bond acceptors (Lipinski definition) is 2. The number of halogens is 1. The first-order chi connectivity index (χ1) is 4.79. The zero-order chi connectivity index (χ0) is 7.40. The maximum absolute atomic E-state index is 3.34. The molecule has 10 heavy (non-hydrogen) atoms. The first kappa shape index (κ1) is 8.74. The van der Waals surface area contributed by atoms with Gasteiger partial charge in [-0.3, -0.25) is 4.90 Å². The van der Waals surface area contributed by atoms with Crippen molar-refractivity contribution in [2.75, 3.05) is 32.7 Å². The van der Waals surface area contributed by atoms with E-state index >= 15 is 0 Å². The summed E-state index contributed by atoms with van der Waals surface area (Å²) >= 11 is 2.48. The van der Waals surface area contributed by atoms with Crippen molar-refractivity contribution < 1.29 is 0 Å². The molecule has 1 aliphatic rings. The summed E-state index contributed by atoms with van der Waals surface area (Å²) in [5.41, 5.74) is 0. The van der Waals surface area contributed by atoms with Crippen molar-refractivity contribution in [3.8, 4) is 0 Å². The molecular formula is C7H15IN2. The van der Waals surface area contributed by atoms with E-state index in [9.17, 15) is 0 Å². The molecule has 0 radical (unpaired) electrons. The van der Waals surface area contributed by atoms with E-state index in [0.717, 1.165) is 3.92 Å². The van der Waals surface area contributed by atoms with Gasteiger partial charge in [-0.1, -0.05) is 29.5 Å². The lowest BCUT2D eigenvalue weighted by atomic mass is 10.3. The van der Waals surface area contributed by atoms with Gasteiger partial charge in [0.25, 0.3) is 0 Å². The van der Waals surface area contributed by atoms with Crippen LogP contribution in [0.4, 0.5) is 0 Å². The molecule has 2 nitrogen and oxygen atoms in total. The normalized spacial score (nSPS) is 24.6. The Morgan fingerprint density at radius 1 is 1.50 bits per heavy atom. The van der Waals surface area contributed by atoms with E-state index < -0.39 is 0 Å². The minimum atomic E-state index is 0.788. The predicted molar refractivity (Wildman–Crippen MR) is 52.8 cm³/mol. The van der Waals surface area contributed by atoms with Crippen molar-refractivity contribution in [3.63, 3.8) is 0 Å². The number of piperazine rings is 1. The average molecular weight is 254 g/mol. The van der Waals surface area contributed by atoms with Crippen molar-refractivity contribution in [1.82, 2.24) is 10.2 Å². The Morgan fingerprint density at radius 2 is 2.10 bits per heavy atom. The van der Waals surface area contributed by atoms with Crippen LogP contribution >= 0.6 is 22.6 Å². The summed E-state index contributed by atoms with van der Waals surface area (Å²) in [4.78, 5) is 2.52. The molecule has 0 aromatic rings. The van der Waals surface area contributed by atoms with E-state index in [1.807, 2.05) is 0 Å². The van der Waals surface area contributed by atoms with Crippen LogP contribution in [0.3, 0.4) is 0 Å². The van der Waals surface area contributed by atoms with Crippen LogP contribution < -0.4 is 5.32 Å². The summed E-state index contributed by atoms with van der Waals surface area (Å²) in [6.45, 7) is 8.32. The van der Waals surface area contributed by atoms with E-state index in [0.29, 0.717) is 0 Å². The highest BCUT2D eigenvalue weighted by Crippen LogP contribution is 2.02. The third-order valence-corrected chi connectivity index (χ3v) is 2.11. The standard InChI is InChI=1S/C7H15IN2/c1-7(8)6-10-4-2-9-3-5-10/h7,9H,2-6H2,1H3. The van der Waals surface area contributed by atoms with Gasteiger partial charge < -0.3 is 5.32 Å². The van der Waals surface area contributed by atoms with Gasteiger partial charge in [0.05, 0.1) is 0 Å². The van der Waals surface area contributed by atoms with E-state index in [4.69, 9.17) is 0 Å². The molecule has 0 aromatic heterocycles. The highest BCUT2D eigenvalue weighted by molar-refractivity contribution is 14.1. The number of hydrogen-bond donors (Lipinski definition) is 1. The molecule has 1 heterocycles. The van der Waals surface area contributed by atoms with Gasteiger partial charge >= 0.3 is 0 Å². The smallest absolute Gasteiger partial charge is 0.0209 e. The van der Waals surface area contributed by atoms with Crippen molar-refractivity contribution in [2.45, 2.75) is 10.8 Å². The highest BCUT2D eigenvalue weighted by Gasteiger charge is 2.10. The number of alkyl halides is 1. The molecule has 0 spiro atoms. The molecule has 0 aromatic carbocycles. The van der Waals surface area contributed by atoms with Crippen molar-refractivity contribution in [1.29, 1.82) is 0 Å². The molecule has 0 saturated carbocycles. The second-order valence-electron chi connectivity index (χ2n) is 2.83. The number of nitrogens with zero attached hydrogens (tertiary/aromatic N) is 1. The van der Waals surface area contributed by atoms with Crippen LogP contribution in [0.2, 0.25) is 0 Å². The molecule has 0 aliphatic carbocycles. The predicted octanol–water partition coefficient (Wildman–Crippen LogP) is 0.715. The lowest BCUT2D eigenvalue weighted by Crippen LogP contribution is -2.45. The molecule has 1 saturated heterocycles. The van der Waals surface area contributed by atoms with Gasteiger partial charge in [0.2, 0.25) is 0 Å². The van der Waals surface area contributed by atoms with Gasteiger partial charge in [-0.25, -0.2) is 0 Å². The van der Waals surface area contributed by atoms with E-state index in [2.05, 4.69) is 39.7 Å². The zero-order valence-corrected chi connectivity index (χ0v) is 8.60. The summed E-state index contributed by atoms with van der Waals surface area (Å²) < 4.78 is 0.788. The van der Waals surface area contributed by atoms with Gasteiger partial charge in [0.15, 0.2) is 0 Å². The molecule has 1 unspecified atom stereocenters. The summed E-state index contributed by atoms with van der Waals surface area (Å²) in [7, 11) is 0. The van der Waals surface area contributed by atoms with Gasteiger partial charge in [0, 0.05) is 36.6 Å². The quantitative estimate of drug-likeness (QED) is 0.577. The lowest BCUT2D eigenvalue weighted by molar-refractivity contribution is 0.246. The van der Waals surface area contributed by atoms with Crippen LogP contribution in [0, 0.1) is 0 Å². The van der Waals surface area contributed by atoms with Crippen LogP contribution in [-0.4, -0.2) is 41.5 Å². The van der Waals surface area contributed by atoms with Crippen molar-refractivity contribution >= 4 is 22.6 Å². The minimum Gasteiger partial charge on any atom is -0.314 e. The minimum absolute atomic E-state index is 0.788. The largest absolute Gasteiger partial charge is 0.314 e. The molecule has 1 atom stereocenters. The Bertz CT molecular complexity index is 89.6. The van der Waals surface area contributed by atoms with Crippen LogP contribution in [-0.2, 0) is 0 Å². The number of rotatable bonds is 2. The summed E-state index contributed by atoms with van der Waals surface area (Å²) in [6, 6.07) is 0. The first-order valence-corrected chi connectivity index (χ1v) is 5.11. The maximum atomic E-state index is 3.34. The molecule has 1 N–H and O–H groups in total. The molecule has 0 amide bonds. The van der Waals surface area contributed by atoms with Crippen molar-refractivity contribution in [3.05, 3.63) is 0 Å². The molecular weight excluding hydrogens is 239 g/mol. The van der Waals surface area contributed by atoms with Gasteiger partial charge in [-0.05, 0) is 0 Å². The van der Waals surface area contributed by atoms with E-state index in [1.165, 1.54) is 32.7 Å². The number of nitrogens with one attached hydrogen (secondary N) is 1. The maximum Gasteiger partial charge on any atom is 0.0209 e. The second-order valence-corrected chi connectivity index (χ2v) is 4.96. The van der Waals surface area contributed by atoms with Gasteiger partial charge in [-0.15, -0.1) is 0 Å². The fourth-order valence-electron chi connectivity index (χ4n) is 1.25. The fraction of sp³-hybridized carbons (Fsp3) is 1.00. The molecule has 0 bridgehead atoms.